The zero-order chi connectivity index (χ0) is 15.2. The lowest BCUT2D eigenvalue weighted by molar-refractivity contribution is 0.0600. The number of carbonyl (C=O) groups is 1. The summed E-state index contributed by atoms with van der Waals surface area (Å²) in [5.41, 5.74) is 1.14. The van der Waals surface area contributed by atoms with Crippen LogP contribution >= 0.6 is 11.6 Å². The normalized spacial score (nSPS) is 10.2. The molecule has 0 spiro atoms. The smallest absolute Gasteiger partial charge is 0.341 e. The molecule has 0 aliphatic carbocycles. The Balaban J connectivity index is 2.07. The molecule has 0 saturated heterocycles. The van der Waals surface area contributed by atoms with E-state index in [1.807, 2.05) is 6.92 Å². The average Bonchev–Trinajstić information content (AvgIpc) is 2.95. The number of halogens is 1. The number of rotatable bonds is 6. The van der Waals surface area contributed by atoms with Crippen LogP contribution in [0.4, 0.5) is 5.69 Å². The van der Waals surface area contributed by atoms with Crippen LogP contribution in [-0.4, -0.2) is 19.7 Å². The summed E-state index contributed by atoms with van der Waals surface area (Å²) >= 11 is 5.98. The van der Waals surface area contributed by atoms with Gasteiger partial charge in [-0.3, -0.25) is 0 Å². The molecule has 5 nitrogen and oxygen atoms in total. The van der Waals surface area contributed by atoms with Gasteiger partial charge in [0.25, 0.3) is 0 Å². The third-order valence-electron chi connectivity index (χ3n) is 2.77. The Morgan fingerprint density at radius 2 is 2.19 bits per heavy atom. The van der Waals surface area contributed by atoms with Crippen molar-refractivity contribution < 1.29 is 18.7 Å². The number of methoxy groups -OCH3 is 1. The fourth-order valence-corrected chi connectivity index (χ4v) is 1.97. The molecule has 2 rings (SSSR count). The fourth-order valence-electron chi connectivity index (χ4n) is 1.80. The number of carbonyl (C=O) groups excluding carboxylic acids is 1. The number of anilines is 1. The van der Waals surface area contributed by atoms with Crippen molar-refractivity contribution in [1.29, 1.82) is 0 Å². The highest BCUT2D eigenvalue weighted by atomic mass is 35.5. The van der Waals surface area contributed by atoms with Crippen LogP contribution in [0.25, 0.3) is 0 Å². The van der Waals surface area contributed by atoms with Crippen molar-refractivity contribution in [2.24, 2.45) is 0 Å². The topological polar surface area (TPSA) is 60.7 Å². The van der Waals surface area contributed by atoms with E-state index in [9.17, 15) is 4.79 Å². The highest BCUT2D eigenvalue weighted by Crippen LogP contribution is 2.28. The second-order valence-corrected chi connectivity index (χ2v) is 4.66. The second-order valence-electron chi connectivity index (χ2n) is 4.22. The Bertz CT molecular complexity index is 624. The minimum absolute atomic E-state index is 0.380. The summed E-state index contributed by atoms with van der Waals surface area (Å²) in [5, 5.41) is 3.78. The summed E-state index contributed by atoms with van der Waals surface area (Å²) in [4.78, 5) is 11.3. The summed E-state index contributed by atoms with van der Waals surface area (Å²) in [5.74, 6) is 0.891. The molecule has 1 heterocycles. The van der Waals surface area contributed by atoms with Crippen LogP contribution < -0.4 is 10.1 Å². The van der Waals surface area contributed by atoms with Crippen LogP contribution in [0.1, 0.15) is 23.0 Å². The van der Waals surface area contributed by atoms with Crippen molar-refractivity contribution in [2.75, 3.05) is 19.0 Å². The van der Waals surface area contributed by atoms with E-state index in [1.165, 1.54) is 13.4 Å². The van der Waals surface area contributed by atoms with Crippen LogP contribution in [0.3, 0.4) is 0 Å². The predicted molar refractivity (Wildman–Crippen MR) is 80.0 cm³/mol. The number of ether oxygens (including phenoxy) is 2. The maximum atomic E-state index is 11.3. The van der Waals surface area contributed by atoms with Gasteiger partial charge in [0, 0.05) is 5.02 Å². The van der Waals surface area contributed by atoms with Gasteiger partial charge in [0.2, 0.25) is 0 Å². The van der Waals surface area contributed by atoms with E-state index < -0.39 is 5.97 Å². The van der Waals surface area contributed by atoms with E-state index >= 15 is 0 Å². The number of furan rings is 1. The summed E-state index contributed by atoms with van der Waals surface area (Å²) in [6, 6.07) is 6.97. The Labute approximate surface area is 127 Å². The molecule has 1 aromatic carbocycles. The molecule has 0 aliphatic rings. The highest BCUT2D eigenvalue weighted by molar-refractivity contribution is 6.30. The number of nitrogens with one attached hydrogen (secondary N) is 1. The Hall–Kier alpha value is -2.14. The van der Waals surface area contributed by atoms with Gasteiger partial charge in [-0.25, -0.2) is 4.79 Å². The molecule has 6 heteroatoms. The largest absolute Gasteiger partial charge is 0.492 e. The lowest BCUT2D eigenvalue weighted by Crippen LogP contribution is -2.02. The summed E-state index contributed by atoms with van der Waals surface area (Å²) in [6.45, 7) is 2.87. The Kier molecular flexibility index (Phi) is 5.11. The molecule has 0 atom stereocenters. The lowest BCUT2D eigenvalue weighted by Gasteiger charge is -2.11. The second kappa shape index (κ2) is 7.04. The molecule has 1 aromatic heterocycles. The van der Waals surface area contributed by atoms with E-state index in [2.05, 4.69) is 10.1 Å². The zero-order valence-electron chi connectivity index (χ0n) is 11.8. The summed E-state index contributed by atoms with van der Waals surface area (Å²) in [6.07, 6.45) is 1.37. The van der Waals surface area contributed by atoms with Crippen molar-refractivity contribution in [1.82, 2.24) is 0 Å². The molecular formula is C15H16ClNO4. The van der Waals surface area contributed by atoms with E-state index in [1.54, 1.807) is 24.3 Å². The van der Waals surface area contributed by atoms with Gasteiger partial charge in [0.1, 0.15) is 17.8 Å². The molecule has 0 fully saturated rings. The Morgan fingerprint density at radius 3 is 2.90 bits per heavy atom. The van der Waals surface area contributed by atoms with Crippen molar-refractivity contribution >= 4 is 23.3 Å². The number of hydrogen-bond acceptors (Lipinski definition) is 5. The van der Waals surface area contributed by atoms with Gasteiger partial charge in [-0.05, 0) is 31.2 Å². The standard InChI is InChI=1S/C15H16ClNO4/c1-3-20-14-5-4-11(16)7-13(14)17-8-12-6-10(9-21-12)15(18)19-2/h4-7,9,17H,3,8H2,1-2H3. The van der Waals surface area contributed by atoms with Gasteiger partial charge in [-0.2, -0.15) is 0 Å². The molecule has 21 heavy (non-hydrogen) atoms. The third kappa shape index (κ3) is 3.92. The van der Waals surface area contributed by atoms with Crippen molar-refractivity contribution in [2.45, 2.75) is 13.5 Å². The number of hydrogen-bond donors (Lipinski definition) is 1. The fraction of sp³-hybridized carbons (Fsp3) is 0.267. The van der Waals surface area contributed by atoms with Gasteiger partial charge in [-0.1, -0.05) is 11.6 Å². The van der Waals surface area contributed by atoms with Crippen molar-refractivity contribution in [3.8, 4) is 5.75 Å². The van der Waals surface area contributed by atoms with Crippen LogP contribution in [0.15, 0.2) is 34.9 Å². The van der Waals surface area contributed by atoms with Crippen LogP contribution in [0.2, 0.25) is 5.02 Å². The van der Waals surface area contributed by atoms with Gasteiger partial charge in [0.05, 0.1) is 31.5 Å². The maximum Gasteiger partial charge on any atom is 0.341 e. The summed E-state index contributed by atoms with van der Waals surface area (Å²) < 4.78 is 15.4. The van der Waals surface area contributed by atoms with E-state index in [0.29, 0.717) is 35.2 Å². The first kappa shape index (κ1) is 15.3. The SMILES string of the molecule is CCOc1ccc(Cl)cc1NCc1cc(C(=O)OC)co1. The first-order valence-corrected chi connectivity index (χ1v) is 6.83. The molecule has 0 radical (unpaired) electrons. The first-order valence-electron chi connectivity index (χ1n) is 6.46. The third-order valence-corrected chi connectivity index (χ3v) is 3.00. The molecule has 0 aliphatic heterocycles. The predicted octanol–water partition coefficient (Wildman–Crippen LogP) is 3.73. The van der Waals surface area contributed by atoms with E-state index in [4.69, 9.17) is 20.8 Å². The summed E-state index contributed by atoms with van der Waals surface area (Å²) in [7, 11) is 1.33. The first-order chi connectivity index (χ1) is 10.1. The average molecular weight is 310 g/mol. The monoisotopic (exact) mass is 309 g/mol. The molecule has 0 saturated carbocycles. The van der Waals surface area contributed by atoms with Gasteiger partial charge in [-0.15, -0.1) is 0 Å². The number of esters is 1. The molecule has 0 bridgehead atoms. The lowest BCUT2D eigenvalue weighted by atomic mass is 10.2. The van der Waals surface area contributed by atoms with E-state index in [0.717, 1.165) is 5.69 Å². The zero-order valence-corrected chi connectivity index (χ0v) is 12.6. The van der Waals surface area contributed by atoms with Gasteiger partial charge < -0.3 is 19.2 Å². The quantitative estimate of drug-likeness (QED) is 0.824. The van der Waals surface area contributed by atoms with E-state index in [-0.39, 0.29) is 0 Å². The minimum atomic E-state index is -0.428. The van der Waals surface area contributed by atoms with Crippen LogP contribution in [0, 0.1) is 0 Å². The molecule has 2 aromatic rings. The maximum absolute atomic E-state index is 11.3. The highest BCUT2D eigenvalue weighted by Gasteiger charge is 2.11. The van der Waals surface area contributed by atoms with Crippen molar-refractivity contribution in [3.05, 3.63) is 46.9 Å². The minimum Gasteiger partial charge on any atom is -0.492 e. The van der Waals surface area contributed by atoms with Gasteiger partial charge in [0.15, 0.2) is 0 Å². The molecule has 112 valence electrons. The molecule has 1 N–H and O–H groups in total. The van der Waals surface area contributed by atoms with Crippen molar-refractivity contribution in [3.63, 3.8) is 0 Å². The molecular weight excluding hydrogens is 294 g/mol. The molecule has 0 amide bonds. The molecule has 0 unspecified atom stereocenters. The van der Waals surface area contributed by atoms with Crippen LogP contribution in [0.5, 0.6) is 5.75 Å². The van der Waals surface area contributed by atoms with Gasteiger partial charge >= 0.3 is 5.97 Å². The van der Waals surface area contributed by atoms with Crippen LogP contribution in [-0.2, 0) is 11.3 Å². The number of benzene rings is 1. The Morgan fingerprint density at radius 1 is 1.38 bits per heavy atom.